The van der Waals surface area contributed by atoms with Gasteiger partial charge in [-0.1, -0.05) is 6.92 Å². The number of carbonyl (C=O) groups is 2. The molecule has 0 unspecified atom stereocenters. The predicted octanol–water partition coefficient (Wildman–Crippen LogP) is 2.99. The first-order valence-electron chi connectivity index (χ1n) is 9.18. The average Bonchev–Trinajstić information content (AvgIpc) is 3.05. The van der Waals surface area contributed by atoms with Gasteiger partial charge in [0.1, 0.15) is 11.0 Å². The minimum atomic E-state index is -0.316. The van der Waals surface area contributed by atoms with Gasteiger partial charge in [-0.25, -0.2) is 4.98 Å². The van der Waals surface area contributed by atoms with Crippen LogP contribution in [0.5, 0.6) is 0 Å². The van der Waals surface area contributed by atoms with Crippen molar-refractivity contribution in [1.29, 1.82) is 0 Å². The molecule has 6 heteroatoms. The summed E-state index contributed by atoms with van der Waals surface area (Å²) in [7, 11) is 0. The van der Waals surface area contributed by atoms with Crippen LogP contribution >= 0.6 is 11.3 Å². The van der Waals surface area contributed by atoms with Crippen LogP contribution in [0.15, 0.2) is 0 Å². The van der Waals surface area contributed by atoms with Crippen molar-refractivity contribution < 1.29 is 9.59 Å². The molecule has 0 spiro atoms. The molecular weight excluding hydrogens is 322 g/mol. The van der Waals surface area contributed by atoms with Crippen molar-refractivity contribution in [3.8, 4) is 0 Å². The van der Waals surface area contributed by atoms with E-state index in [0.29, 0.717) is 13.0 Å². The number of nitrogens with zero attached hydrogens (tertiary/aromatic N) is 2. The van der Waals surface area contributed by atoms with Crippen LogP contribution < -0.4 is 5.32 Å². The molecule has 1 aliphatic carbocycles. The number of fused-ring (bicyclic) bond motifs is 1. The summed E-state index contributed by atoms with van der Waals surface area (Å²) in [6.07, 6.45) is 7.86. The van der Waals surface area contributed by atoms with E-state index in [1.807, 2.05) is 13.8 Å². The molecule has 0 bridgehead atoms. The van der Waals surface area contributed by atoms with Gasteiger partial charge in [0.15, 0.2) is 0 Å². The van der Waals surface area contributed by atoms with Crippen molar-refractivity contribution in [2.45, 2.75) is 77.3 Å². The van der Waals surface area contributed by atoms with Crippen LogP contribution in [0.25, 0.3) is 0 Å². The highest BCUT2D eigenvalue weighted by Crippen LogP contribution is 2.30. The van der Waals surface area contributed by atoms with Crippen LogP contribution in [0.3, 0.4) is 0 Å². The van der Waals surface area contributed by atoms with E-state index in [1.54, 1.807) is 16.2 Å². The first kappa shape index (κ1) is 17.4. The van der Waals surface area contributed by atoms with Crippen molar-refractivity contribution >= 4 is 23.2 Å². The summed E-state index contributed by atoms with van der Waals surface area (Å²) in [5.74, 6) is 0.0457. The Morgan fingerprint density at radius 2 is 2.08 bits per heavy atom. The number of hydrogen-bond acceptors (Lipinski definition) is 4. The van der Waals surface area contributed by atoms with Gasteiger partial charge in [0.05, 0.1) is 11.7 Å². The first-order chi connectivity index (χ1) is 11.6. The topological polar surface area (TPSA) is 62.3 Å². The molecule has 0 radical (unpaired) electrons. The van der Waals surface area contributed by atoms with Gasteiger partial charge in [-0.05, 0) is 51.9 Å². The molecule has 2 aliphatic rings. The lowest BCUT2D eigenvalue weighted by Gasteiger charge is -2.35. The number of aromatic nitrogens is 1. The van der Waals surface area contributed by atoms with E-state index in [4.69, 9.17) is 4.98 Å². The van der Waals surface area contributed by atoms with Crippen molar-refractivity contribution in [2.24, 2.45) is 0 Å². The fraction of sp³-hybridized carbons (Fsp3) is 0.722. The number of likely N-dealkylation sites (tertiary alicyclic amines) is 1. The maximum Gasteiger partial charge on any atom is 0.243 e. The smallest absolute Gasteiger partial charge is 0.243 e. The van der Waals surface area contributed by atoms with Crippen molar-refractivity contribution in [1.82, 2.24) is 15.2 Å². The molecule has 2 atom stereocenters. The largest absolute Gasteiger partial charge is 0.345 e. The molecule has 1 aromatic heterocycles. The Balaban J connectivity index is 1.66. The maximum atomic E-state index is 12.7. The number of aryl methyl sites for hydroxylation is 2. The molecule has 2 amide bonds. The molecule has 0 aromatic carbocycles. The Morgan fingerprint density at radius 3 is 2.83 bits per heavy atom. The molecule has 1 saturated heterocycles. The average molecular weight is 350 g/mol. The predicted molar refractivity (Wildman–Crippen MR) is 95.0 cm³/mol. The summed E-state index contributed by atoms with van der Waals surface area (Å²) >= 11 is 1.74. The molecule has 1 N–H and O–H groups in total. The van der Waals surface area contributed by atoms with Gasteiger partial charge in [-0.15, -0.1) is 11.3 Å². The number of piperidine rings is 1. The van der Waals surface area contributed by atoms with Crippen LogP contribution in [0.1, 0.15) is 74.0 Å². The summed E-state index contributed by atoms with van der Waals surface area (Å²) < 4.78 is 0. The maximum absolute atomic E-state index is 12.7. The van der Waals surface area contributed by atoms with Gasteiger partial charge in [-0.3, -0.25) is 9.59 Å². The number of carbonyl (C=O) groups excluding carboxylic acids is 2. The van der Waals surface area contributed by atoms with Gasteiger partial charge in [0, 0.05) is 17.8 Å². The zero-order valence-electron chi connectivity index (χ0n) is 14.6. The van der Waals surface area contributed by atoms with Crippen LogP contribution in [0, 0.1) is 0 Å². The van der Waals surface area contributed by atoms with Crippen molar-refractivity contribution in [3.63, 3.8) is 0 Å². The monoisotopic (exact) mass is 349 g/mol. The fourth-order valence-electron chi connectivity index (χ4n) is 3.63. The molecule has 3 rings (SSSR count). The summed E-state index contributed by atoms with van der Waals surface area (Å²) in [6.45, 7) is 4.55. The quantitative estimate of drug-likeness (QED) is 0.909. The number of amides is 2. The Hall–Kier alpha value is -1.43. The van der Waals surface area contributed by atoms with Gasteiger partial charge >= 0.3 is 0 Å². The second-order valence-corrected chi connectivity index (χ2v) is 7.93. The first-order valence-corrected chi connectivity index (χ1v) is 10.00. The lowest BCUT2D eigenvalue weighted by Crippen LogP contribution is -2.52. The molecule has 1 aliphatic heterocycles. The minimum absolute atomic E-state index is 0.0304. The Labute approximate surface area is 147 Å². The zero-order valence-corrected chi connectivity index (χ0v) is 15.5. The Kier molecular flexibility index (Phi) is 5.54. The van der Waals surface area contributed by atoms with E-state index >= 15 is 0 Å². The van der Waals surface area contributed by atoms with E-state index in [-0.39, 0.29) is 23.9 Å². The second kappa shape index (κ2) is 7.64. The molecule has 1 aromatic rings. The van der Waals surface area contributed by atoms with E-state index in [1.165, 1.54) is 23.4 Å². The highest BCUT2D eigenvalue weighted by atomic mass is 32.1. The molecule has 132 valence electrons. The lowest BCUT2D eigenvalue weighted by molar-refractivity contribution is -0.142. The van der Waals surface area contributed by atoms with Crippen LogP contribution in [-0.2, 0) is 22.4 Å². The van der Waals surface area contributed by atoms with E-state index in [2.05, 4.69) is 5.32 Å². The third kappa shape index (κ3) is 3.63. The number of hydrogen-bond donors (Lipinski definition) is 1. The second-order valence-electron chi connectivity index (χ2n) is 6.81. The summed E-state index contributed by atoms with van der Waals surface area (Å²) in [6, 6.07) is -0.406. The Morgan fingerprint density at radius 1 is 1.29 bits per heavy atom. The minimum Gasteiger partial charge on any atom is -0.345 e. The number of thiazole rings is 1. The SMILES string of the molecule is CCC(=O)N1CCCC[C@@H]1C(=O)N[C@H](C)c1nc2c(s1)CCCC2. The molecule has 2 heterocycles. The highest BCUT2D eigenvalue weighted by Gasteiger charge is 2.32. The highest BCUT2D eigenvalue weighted by molar-refractivity contribution is 7.11. The van der Waals surface area contributed by atoms with Gasteiger partial charge in [-0.2, -0.15) is 0 Å². The van der Waals surface area contributed by atoms with Crippen LogP contribution in [0.2, 0.25) is 0 Å². The summed E-state index contributed by atoms with van der Waals surface area (Å²) in [4.78, 5) is 32.7. The van der Waals surface area contributed by atoms with Gasteiger partial charge < -0.3 is 10.2 Å². The molecular formula is C18H27N3O2S. The third-order valence-electron chi connectivity index (χ3n) is 5.02. The third-order valence-corrected chi connectivity index (χ3v) is 6.36. The van der Waals surface area contributed by atoms with Crippen molar-refractivity contribution in [3.05, 3.63) is 15.6 Å². The normalized spacial score (nSPS) is 21.9. The fourth-order valence-corrected chi connectivity index (χ4v) is 4.79. The number of rotatable bonds is 4. The number of nitrogens with one attached hydrogen (secondary N) is 1. The van der Waals surface area contributed by atoms with Gasteiger partial charge in [0.2, 0.25) is 11.8 Å². The zero-order chi connectivity index (χ0) is 17.1. The standard InChI is InChI=1S/C18H27N3O2S/c1-3-16(22)21-11-7-6-9-14(21)17(23)19-12(2)18-20-13-8-4-5-10-15(13)24-18/h12,14H,3-11H2,1-2H3,(H,19,23)/t12-,14-/m1/s1. The van der Waals surface area contributed by atoms with E-state index < -0.39 is 0 Å². The van der Waals surface area contributed by atoms with Crippen LogP contribution in [0.4, 0.5) is 0 Å². The van der Waals surface area contributed by atoms with Crippen molar-refractivity contribution in [2.75, 3.05) is 6.54 Å². The summed E-state index contributed by atoms with van der Waals surface area (Å²) in [5.41, 5.74) is 1.22. The van der Waals surface area contributed by atoms with E-state index in [0.717, 1.165) is 37.1 Å². The van der Waals surface area contributed by atoms with Gasteiger partial charge in [0.25, 0.3) is 0 Å². The molecule has 5 nitrogen and oxygen atoms in total. The van der Waals surface area contributed by atoms with Crippen LogP contribution in [-0.4, -0.2) is 34.3 Å². The summed E-state index contributed by atoms with van der Waals surface area (Å²) in [5, 5.41) is 4.10. The molecule has 1 fully saturated rings. The Bertz CT molecular complexity index is 590. The van der Waals surface area contributed by atoms with E-state index in [9.17, 15) is 9.59 Å². The lowest BCUT2D eigenvalue weighted by atomic mass is 10.0. The molecule has 24 heavy (non-hydrogen) atoms. The molecule has 0 saturated carbocycles.